The quantitative estimate of drug-likeness (QED) is 0.326. The number of nitrogens with zero attached hydrogens (tertiary/aromatic N) is 2. The molecule has 1 aromatic heterocycles. The van der Waals surface area contributed by atoms with E-state index in [-0.39, 0.29) is 12.6 Å². The SMILES string of the molecule is FC(F)(F)Cn1c2cc3c(cccc31)NC1CCN(CCOCCOCCOc3cccc(c3)NCC#C2)CC1. The Bertz CT molecular complexity index is 1320. The van der Waals surface area contributed by atoms with Crippen LogP contribution in [0, 0.1) is 11.8 Å². The van der Waals surface area contributed by atoms with E-state index < -0.39 is 12.7 Å². The molecule has 2 N–H and O–H groups in total. The van der Waals surface area contributed by atoms with Crippen LogP contribution < -0.4 is 15.4 Å². The first kappa shape index (κ1) is 28.1. The zero-order valence-corrected chi connectivity index (χ0v) is 22.4. The Balaban J connectivity index is 1.38. The molecule has 3 aromatic rings. The van der Waals surface area contributed by atoms with E-state index in [4.69, 9.17) is 14.2 Å². The molecular weight excluding hydrogens is 521 g/mol. The van der Waals surface area contributed by atoms with Crippen LogP contribution in [0.1, 0.15) is 18.5 Å². The van der Waals surface area contributed by atoms with Crippen molar-refractivity contribution in [1.29, 1.82) is 0 Å². The van der Waals surface area contributed by atoms with E-state index in [1.807, 2.05) is 30.3 Å². The van der Waals surface area contributed by atoms with Gasteiger partial charge < -0.3 is 34.3 Å². The first-order valence-corrected chi connectivity index (χ1v) is 13.7. The molecule has 3 aliphatic heterocycles. The first-order valence-electron chi connectivity index (χ1n) is 13.7. The van der Waals surface area contributed by atoms with E-state index in [2.05, 4.69) is 27.4 Å². The summed E-state index contributed by atoms with van der Waals surface area (Å²) >= 11 is 0. The van der Waals surface area contributed by atoms with Crippen molar-refractivity contribution in [1.82, 2.24) is 9.47 Å². The van der Waals surface area contributed by atoms with Gasteiger partial charge in [0.25, 0.3) is 0 Å². The lowest BCUT2D eigenvalue weighted by Crippen LogP contribution is -2.40. The first-order chi connectivity index (χ1) is 19.4. The van der Waals surface area contributed by atoms with Crippen LogP contribution in [0.2, 0.25) is 0 Å². The van der Waals surface area contributed by atoms with Crippen molar-refractivity contribution in [2.75, 3.05) is 69.8 Å². The fraction of sp³-hybridized carbons (Fsp3) is 0.467. The van der Waals surface area contributed by atoms with Gasteiger partial charge in [0.05, 0.1) is 44.2 Å². The molecule has 4 heterocycles. The average Bonchev–Trinajstić information content (AvgIpc) is 3.27. The zero-order chi connectivity index (χ0) is 27.8. The molecule has 0 atom stereocenters. The summed E-state index contributed by atoms with van der Waals surface area (Å²) in [6.07, 6.45) is -2.48. The molecule has 1 saturated heterocycles. The summed E-state index contributed by atoms with van der Waals surface area (Å²) in [5, 5.41) is 7.55. The van der Waals surface area contributed by atoms with Crippen LogP contribution in [0.15, 0.2) is 48.5 Å². The highest BCUT2D eigenvalue weighted by Gasteiger charge is 2.30. The van der Waals surface area contributed by atoms with Crippen LogP contribution in [-0.2, 0) is 16.0 Å². The second kappa shape index (κ2) is 13.3. The van der Waals surface area contributed by atoms with Gasteiger partial charge in [-0.25, -0.2) is 0 Å². The molecule has 6 bridgehead atoms. The van der Waals surface area contributed by atoms with E-state index >= 15 is 0 Å². The van der Waals surface area contributed by atoms with Gasteiger partial charge in [0.1, 0.15) is 18.9 Å². The summed E-state index contributed by atoms with van der Waals surface area (Å²) in [6, 6.07) is 14.9. The van der Waals surface area contributed by atoms with Crippen molar-refractivity contribution in [3.8, 4) is 17.6 Å². The molecule has 6 rings (SSSR count). The number of nitrogens with one attached hydrogen (secondary N) is 2. The molecular formula is C30H35F3N4O3. The summed E-state index contributed by atoms with van der Waals surface area (Å²) in [7, 11) is 0. The maximum absolute atomic E-state index is 13.6. The smallest absolute Gasteiger partial charge is 0.406 e. The van der Waals surface area contributed by atoms with Crippen molar-refractivity contribution in [2.24, 2.45) is 0 Å². The van der Waals surface area contributed by atoms with Crippen molar-refractivity contribution in [3.63, 3.8) is 0 Å². The van der Waals surface area contributed by atoms with Crippen LogP contribution in [0.25, 0.3) is 10.9 Å². The molecule has 0 aliphatic carbocycles. The summed E-state index contributed by atoms with van der Waals surface area (Å²) in [5.74, 6) is 6.66. The van der Waals surface area contributed by atoms with Gasteiger partial charge in [-0.3, -0.25) is 0 Å². The van der Waals surface area contributed by atoms with Gasteiger partial charge in [-0.2, -0.15) is 13.2 Å². The molecule has 1 fully saturated rings. The molecule has 40 heavy (non-hydrogen) atoms. The molecule has 214 valence electrons. The monoisotopic (exact) mass is 556 g/mol. The number of ether oxygens (including phenoxy) is 3. The fourth-order valence-electron chi connectivity index (χ4n) is 5.10. The number of rotatable bonds is 1. The third kappa shape index (κ3) is 7.84. The number of hydrogen-bond donors (Lipinski definition) is 2. The summed E-state index contributed by atoms with van der Waals surface area (Å²) < 4.78 is 59.1. The van der Waals surface area contributed by atoms with Crippen LogP contribution in [0.3, 0.4) is 0 Å². The molecule has 0 saturated carbocycles. The van der Waals surface area contributed by atoms with Gasteiger partial charge in [-0.15, -0.1) is 0 Å². The van der Waals surface area contributed by atoms with E-state index in [0.29, 0.717) is 50.0 Å². The minimum Gasteiger partial charge on any atom is -0.491 e. The summed E-state index contributed by atoms with van der Waals surface area (Å²) in [5.41, 5.74) is 2.49. The largest absolute Gasteiger partial charge is 0.491 e. The number of benzene rings is 2. The Morgan fingerprint density at radius 2 is 1.68 bits per heavy atom. The van der Waals surface area contributed by atoms with Gasteiger partial charge in [-0.1, -0.05) is 18.1 Å². The standard InChI is InChI=1S/C30H35F3N4O3/c31-30(32,33)22-37-25-5-3-11-34-24-4-1-6-26(20-24)40-19-18-39-17-16-38-15-14-36-12-9-23(10-13-36)35-28-7-2-8-29(37)27(28)21-25/h1-2,4,6-8,20-21,23,34-35H,9-19,22H2. The van der Waals surface area contributed by atoms with Crippen molar-refractivity contribution in [3.05, 3.63) is 54.2 Å². The number of alkyl halides is 3. The minimum atomic E-state index is -4.37. The topological polar surface area (TPSA) is 59.9 Å². The lowest BCUT2D eigenvalue weighted by atomic mass is 10.0. The van der Waals surface area contributed by atoms with Gasteiger partial charge in [0, 0.05) is 48.5 Å². The van der Waals surface area contributed by atoms with E-state index in [1.54, 1.807) is 18.2 Å². The Hall–Kier alpha value is -3.39. The number of aromatic nitrogens is 1. The van der Waals surface area contributed by atoms with Gasteiger partial charge >= 0.3 is 6.18 Å². The number of hydrogen-bond acceptors (Lipinski definition) is 6. The molecule has 2 aromatic carbocycles. The summed E-state index contributed by atoms with van der Waals surface area (Å²) in [6.45, 7) is 4.48. The predicted molar refractivity (Wildman–Crippen MR) is 150 cm³/mol. The number of fused-ring (bicyclic) bond motifs is 12. The highest BCUT2D eigenvalue weighted by Crippen LogP contribution is 2.31. The molecule has 7 nitrogen and oxygen atoms in total. The van der Waals surface area contributed by atoms with Crippen LogP contribution in [0.5, 0.6) is 5.75 Å². The Kier molecular flexibility index (Phi) is 9.37. The fourth-order valence-corrected chi connectivity index (χ4v) is 5.10. The lowest BCUT2D eigenvalue weighted by molar-refractivity contribution is -0.140. The second-order valence-electron chi connectivity index (χ2n) is 9.99. The van der Waals surface area contributed by atoms with Crippen molar-refractivity contribution in [2.45, 2.75) is 31.6 Å². The molecule has 3 aliphatic rings. The maximum Gasteiger partial charge on any atom is 0.406 e. The minimum absolute atomic E-state index is 0.244. The second-order valence-corrected chi connectivity index (χ2v) is 9.99. The van der Waals surface area contributed by atoms with Crippen LogP contribution in [0.4, 0.5) is 24.5 Å². The Labute approximate surface area is 232 Å². The Morgan fingerprint density at radius 1 is 0.900 bits per heavy atom. The van der Waals surface area contributed by atoms with Gasteiger partial charge in [0.15, 0.2) is 0 Å². The number of anilines is 2. The van der Waals surface area contributed by atoms with Crippen LogP contribution in [-0.4, -0.2) is 80.9 Å². The third-order valence-electron chi connectivity index (χ3n) is 7.08. The predicted octanol–water partition coefficient (Wildman–Crippen LogP) is 4.97. The van der Waals surface area contributed by atoms with Crippen LogP contribution >= 0.6 is 0 Å². The van der Waals surface area contributed by atoms with E-state index in [0.717, 1.165) is 49.2 Å². The molecule has 10 heteroatoms. The zero-order valence-electron chi connectivity index (χ0n) is 22.4. The maximum atomic E-state index is 13.6. The average molecular weight is 557 g/mol. The molecule has 0 amide bonds. The summed E-state index contributed by atoms with van der Waals surface area (Å²) in [4.78, 5) is 2.38. The van der Waals surface area contributed by atoms with Crippen molar-refractivity contribution < 1.29 is 27.4 Å². The van der Waals surface area contributed by atoms with E-state index in [1.165, 1.54) is 4.57 Å². The van der Waals surface area contributed by atoms with Crippen molar-refractivity contribution >= 4 is 22.3 Å². The third-order valence-corrected chi connectivity index (χ3v) is 7.08. The number of halogens is 3. The Morgan fingerprint density at radius 3 is 2.50 bits per heavy atom. The van der Waals surface area contributed by atoms with Gasteiger partial charge in [0.2, 0.25) is 0 Å². The molecule has 0 spiro atoms. The molecule has 0 unspecified atom stereocenters. The van der Waals surface area contributed by atoms with Gasteiger partial charge in [-0.05, 0) is 49.1 Å². The normalized spacial score (nSPS) is 21.3. The lowest BCUT2D eigenvalue weighted by Gasteiger charge is -2.32. The van der Waals surface area contributed by atoms with E-state index in [9.17, 15) is 13.2 Å². The highest BCUT2D eigenvalue weighted by atomic mass is 19.4. The molecule has 0 radical (unpaired) electrons. The highest BCUT2D eigenvalue weighted by molar-refractivity contribution is 5.94. The number of piperidine rings is 1.